The zero-order valence-corrected chi connectivity index (χ0v) is 12.2. The molecule has 0 saturated carbocycles. The van der Waals surface area contributed by atoms with Crippen LogP contribution in [0.1, 0.15) is 49.7 Å². The van der Waals surface area contributed by atoms with E-state index in [2.05, 4.69) is 29.1 Å². The van der Waals surface area contributed by atoms with E-state index in [1.165, 1.54) is 5.56 Å². The molecule has 4 heteroatoms. The Bertz CT molecular complexity index is 354. The van der Waals surface area contributed by atoms with E-state index < -0.39 is 0 Å². The molecule has 4 nitrogen and oxygen atoms in total. The highest BCUT2D eigenvalue weighted by atomic mass is 16.5. The number of rotatable bonds is 7. The summed E-state index contributed by atoms with van der Waals surface area (Å²) in [6, 6.07) is 0. The molecule has 1 N–H and O–H groups in total. The lowest BCUT2D eigenvalue weighted by molar-refractivity contribution is 0.111. The van der Waals surface area contributed by atoms with Crippen molar-refractivity contribution in [1.29, 1.82) is 0 Å². The summed E-state index contributed by atoms with van der Waals surface area (Å²) in [6.45, 7) is 7.24. The van der Waals surface area contributed by atoms with E-state index in [4.69, 9.17) is 4.74 Å². The van der Waals surface area contributed by atoms with Gasteiger partial charge < -0.3 is 10.1 Å². The molecule has 0 fully saturated rings. The van der Waals surface area contributed by atoms with Crippen LogP contribution in [0.2, 0.25) is 0 Å². The fourth-order valence-electron chi connectivity index (χ4n) is 2.01. The number of hydrogen-bond donors (Lipinski definition) is 1. The van der Waals surface area contributed by atoms with Crippen LogP contribution in [-0.2, 0) is 24.0 Å². The molecule has 1 heterocycles. The van der Waals surface area contributed by atoms with E-state index in [-0.39, 0.29) is 6.10 Å². The number of nitrogens with one attached hydrogen (secondary N) is 1. The molecule has 0 aliphatic rings. The van der Waals surface area contributed by atoms with Gasteiger partial charge >= 0.3 is 0 Å². The van der Waals surface area contributed by atoms with E-state index in [0.29, 0.717) is 0 Å². The summed E-state index contributed by atoms with van der Waals surface area (Å²) < 4.78 is 5.32. The van der Waals surface area contributed by atoms with Crippen molar-refractivity contribution >= 4 is 0 Å². The molecular weight excluding hydrogens is 226 g/mol. The molecule has 0 aliphatic carbocycles. The van der Waals surface area contributed by atoms with Crippen LogP contribution in [0.25, 0.3) is 0 Å². The standard InChI is InChI=1S/C14H25N3O/c1-6-12-11(8-9-15-4)13(7-2)17-14(16-12)10(3)18-5/h10,15H,6-9H2,1-5H3. The van der Waals surface area contributed by atoms with Gasteiger partial charge in [0, 0.05) is 18.5 Å². The van der Waals surface area contributed by atoms with E-state index in [1.54, 1.807) is 7.11 Å². The van der Waals surface area contributed by atoms with Crippen molar-refractivity contribution in [2.45, 2.75) is 46.1 Å². The van der Waals surface area contributed by atoms with Crippen molar-refractivity contribution in [3.63, 3.8) is 0 Å². The number of nitrogens with zero attached hydrogens (tertiary/aromatic N) is 2. The minimum atomic E-state index is -0.0426. The zero-order valence-electron chi connectivity index (χ0n) is 12.2. The molecule has 1 unspecified atom stereocenters. The summed E-state index contributed by atoms with van der Waals surface area (Å²) in [6.07, 6.45) is 2.83. The van der Waals surface area contributed by atoms with Gasteiger partial charge in [-0.25, -0.2) is 9.97 Å². The van der Waals surface area contributed by atoms with Crippen LogP contribution in [0.15, 0.2) is 0 Å². The predicted molar refractivity (Wildman–Crippen MR) is 73.8 cm³/mol. The van der Waals surface area contributed by atoms with Crippen LogP contribution < -0.4 is 5.32 Å². The van der Waals surface area contributed by atoms with E-state index in [0.717, 1.165) is 43.0 Å². The molecule has 0 aliphatic heterocycles. The summed E-state index contributed by atoms with van der Waals surface area (Å²) in [5, 5.41) is 3.19. The summed E-state index contributed by atoms with van der Waals surface area (Å²) in [5.41, 5.74) is 3.63. The summed E-state index contributed by atoms with van der Waals surface area (Å²) >= 11 is 0. The van der Waals surface area contributed by atoms with Gasteiger partial charge in [-0.3, -0.25) is 0 Å². The monoisotopic (exact) mass is 251 g/mol. The van der Waals surface area contributed by atoms with Crippen molar-refractivity contribution in [2.24, 2.45) is 0 Å². The Morgan fingerprint density at radius 3 is 2.11 bits per heavy atom. The maximum atomic E-state index is 5.32. The van der Waals surface area contributed by atoms with Crippen molar-refractivity contribution in [3.8, 4) is 0 Å². The number of aromatic nitrogens is 2. The summed E-state index contributed by atoms with van der Waals surface area (Å²) in [7, 11) is 3.67. The molecule has 1 atom stereocenters. The summed E-state index contributed by atoms with van der Waals surface area (Å²) in [5.74, 6) is 0.805. The Morgan fingerprint density at radius 1 is 1.17 bits per heavy atom. The third-order valence-electron chi connectivity index (χ3n) is 3.21. The fraction of sp³-hybridized carbons (Fsp3) is 0.714. The van der Waals surface area contributed by atoms with Gasteiger partial charge in [0.1, 0.15) is 6.10 Å². The zero-order chi connectivity index (χ0) is 13.5. The predicted octanol–water partition coefficient (Wildman–Crippen LogP) is 2.07. The average molecular weight is 251 g/mol. The second-order valence-electron chi connectivity index (χ2n) is 4.39. The molecular formula is C14H25N3O. The third kappa shape index (κ3) is 3.50. The molecule has 102 valence electrons. The minimum absolute atomic E-state index is 0.0426. The molecule has 18 heavy (non-hydrogen) atoms. The van der Waals surface area contributed by atoms with Gasteiger partial charge in [0.25, 0.3) is 0 Å². The third-order valence-corrected chi connectivity index (χ3v) is 3.21. The van der Waals surface area contributed by atoms with Crippen LogP contribution in [0, 0.1) is 0 Å². The van der Waals surface area contributed by atoms with Crippen molar-refractivity contribution < 1.29 is 4.74 Å². The van der Waals surface area contributed by atoms with Crippen LogP contribution in [0.4, 0.5) is 0 Å². The first-order chi connectivity index (χ1) is 8.67. The number of methoxy groups -OCH3 is 1. The van der Waals surface area contributed by atoms with Crippen LogP contribution in [-0.4, -0.2) is 30.7 Å². The highest BCUT2D eigenvalue weighted by Crippen LogP contribution is 2.18. The topological polar surface area (TPSA) is 47.0 Å². The van der Waals surface area contributed by atoms with Crippen LogP contribution >= 0.6 is 0 Å². The molecule has 0 radical (unpaired) electrons. The van der Waals surface area contributed by atoms with E-state index >= 15 is 0 Å². The Hall–Kier alpha value is -1.00. The van der Waals surface area contributed by atoms with Crippen LogP contribution in [0.5, 0.6) is 0 Å². The first kappa shape index (κ1) is 15.1. The maximum absolute atomic E-state index is 5.32. The molecule has 1 aromatic heterocycles. The lowest BCUT2D eigenvalue weighted by Crippen LogP contribution is -2.17. The smallest absolute Gasteiger partial charge is 0.157 e. The molecule has 0 amide bonds. The van der Waals surface area contributed by atoms with Crippen molar-refractivity contribution in [2.75, 3.05) is 20.7 Å². The van der Waals surface area contributed by atoms with Gasteiger partial charge in [-0.2, -0.15) is 0 Å². The summed E-state index contributed by atoms with van der Waals surface area (Å²) in [4.78, 5) is 9.32. The van der Waals surface area contributed by atoms with E-state index in [1.807, 2.05) is 14.0 Å². The number of likely N-dealkylation sites (N-methyl/N-ethyl adjacent to an activating group) is 1. The highest BCUT2D eigenvalue weighted by molar-refractivity contribution is 5.27. The Morgan fingerprint density at radius 2 is 1.72 bits per heavy atom. The van der Waals surface area contributed by atoms with Gasteiger partial charge in [-0.1, -0.05) is 13.8 Å². The Labute approximate surface area is 110 Å². The lowest BCUT2D eigenvalue weighted by Gasteiger charge is -2.16. The van der Waals surface area contributed by atoms with Gasteiger partial charge in [0.2, 0.25) is 0 Å². The quantitative estimate of drug-likeness (QED) is 0.806. The van der Waals surface area contributed by atoms with Gasteiger partial charge in [0.05, 0.1) is 0 Å². The molecule has 1 aromatic rings. The molecule has 0 aromatic carbocycles. The second-order valence-corrected chi connectivity index (χ2v) is 4.39. The molecule has 0 saturated heterocycles. The van der Waals surface area contributed by atoms with Gasteiger partial charge in [-0.05, 0) is 45.3 Å². The van der Waals surface area contributed by atoms with Crippen LogP contribution in [0.3, 0.4) is 0 Å². The minimum Gasteiger partial charge on any atom is -0.374 e. The number of hydrogen-bond acceptors (Lipinski definition) is 4. The number of aryl methyl sites for hydroxylation is 2. The van der Waals surface area contributed by atoms with E-state index in [9.17, 15) is 0 Å². The molecule has 1 rings (SSSR count). The molecule has 0 bridgehead atoms. The lowest BCUT2D eigenvalue weighted by atomic mass is 10.0. The average Bonchev–Trinajstić information content (AvgIpc) is 2.43. The number of ether oxygens (including phenoxy) is 1. The first-order valence-electron chi connectivity index (χ1n) is 6.73. The SMILES string of the molecule is CCc1nc(C(C)OC)nc(CC)c1CCNC. The first-order valence-corrected chi connectivity index (χ1v) is 6.73. The van der Waals surface area contributed by atoms with Gasteiger partial charge in [0.15, 0.2) is 5.82 Å². The molecule has 0 spiro atoms. The van der Waals surface area contributed by atoms with Gasteiger partial charge in [-0.15, -0.1) is 0 Å². The largest absolute Gasteiger partial charge is 0.374 e. The van der Waals surface area contributed by atoms with Crippen molar-refractivity contribution in [3.05, 3.63) is 22.8 Å². The maximum Gasteiger partial charge on any atom is 0.157 e. The Kier molecular flexibility index (Phi) is 6.22. The fourth-order valence-corrected chi connectivity index (χ4v) is 2.01. The van der Waals surface area contributed by atoms with Crippen molar-refractivity contribution in [1.82, 2.24) is 15.3 Å². The Balaban J connectivity index is 3.16. The second kappa shape index (κ2) is 7.44. The highest BCUT2D eigenvalue weighted by Gasteiger charge is 2.15. The normalized spacial score (nSPS) is 12.7.